The van der Waals surface area contributed by atoms with Crippen LogP contribution in [0.1, 0.15) is 80.3 Å². The summed E-state index contributed by atoms with van der Waals surface area (Å²) in [5, 5.41) is 3.14. The number of nitrogens with one attached hydrogen (secondary N) is 1. The molecule has 10 nitrogen and oxygen atoms in total. The molecule has 7 rings (SSSR count). The van der Waals surface area contributed by atoms with Crippen molar-refractivity contribution in [1.29, 1.82) is 0 Å². The lowest BCUT2D eigenvalue weighted by atomic mass is 9.62. The molecule has 1 aromatic heterocycles. The first-order chi connectivity index (χ1) is 24.3. The number of anilines is 2. The van der Waals surface area contributed by atoms with Crippen LogP contribution in [-0.4, -0.2) is 66.2 Å². The van der Waals surface area contributed by atoms with E-state index >= 15 is 9.18 Å². The van der Waals surface area contributed by atoms with Gasteiger partial charge in [0, 0.05) is 48.2 Å². The number of aromatic nitrogens is 1. The number of pyridine rings is 1. The van der Waals surface area contributed by atoms with Crippen molar-refractivity contribution in [2.45, 2.75) is 82.5 Å². The van der Waals surface area contributed by atoms with Gasteiger partial charge in [-0.25, -0.2) is 9.37 Å². The van der Waals surface area contributed by atoms with Crippen LogP contribution in [0.25, 0.3) is 0 Å². The number of methoxy groups -OCH3 is 1. The van der Waals surface area contributed by atoms with Gasteiger partial charge in [-0.15, -0.1) is 0 Å². The van der Waals surface area contributed by atoms with Crippen molar-refractivity contribution >= 4 is 52.3 Å². The maximum Gasteiger partial charge on any atom is 0.248 e. The zero-order chi connectivity index (χ0) is 36.4. The normalized spacial score (nSPS) is 26.5. The third-order valence-corrected chi connectivity index (χ3v) is 11.6. The molecule has 1 unspecified atom stereocenters. The number of rotatable bonds is 8. The molecule has 5 heterocycles. The van der Waals surface area contributed by atoms with Crippen LogP contribution >= 0.6 is 23.2 Å². The molecule has 3 N–H and O–H groups in total. The van der Waals surface area contributed by atoms with Gasteiger partial charge in [0.25, 0.3) is 0 Å². The summed E-state index contributed by atoms with van der Waals surface area (Å²) in [5.74, 6) is -2.32. The predicted octanol–water partition coefficient (Wildman–Crippen LogP) is 6.68. The lowest BCUT2D eigenvalue weighted by molar-refractivity contribution is -0.123. The highest BCUT2D eigenvalue weighted by molar-refractivity contribution is 6.31. The van der Waals surface area contributed by atoms with E-state index < -0.39 is 41.3 Å². The van der Waals surface area contributed by atoms with Crippen molar-refractivity contribution in [3.05, 3.63) is 81.3 Å². The van der Waals surface area contributed by atoms with Crippen LogP contribution in [0, 0.1) is 17.2 Å². The zero-order valence-corrected chi connectivity index (χ0v) is 30.6. The molecule has 0 bridgehead atoms. The number of fused-ring (bicyclic) bond motifs is 3. The molecule has 0 aliphatic carbocycles. The fraction of sp³-hybridized carbons (Fsp3) is 0.474. The Kier molecular flexibility index (Phi) is 9.31. The lowest BCUT2D eigenvalue weighted by Gasteiger charge is -2.43. The van der Waals surface area contributed by atoms with E-state index in [2.05, 4.69) is 36.0 Å². The lowest BCUT2D eigenvalue weighted by Crippen LogP contribution is -2.55. The molecule has 5 atom stereocenters. The second-order valence-electron chi connectivity index (χ2n) is 15.2. The molecule has 1 spiro atoms. The number of hydrogen-bond acceptors (Lipinski definition) is 7. The minimum atomic E-state index is -1.44. The Labute approximate surface area is 306 Å². The summed E-state index contributed by atoms with van der Waals surface area (Å²) >= 11 is 12.8. The smallest absolute Gasteiger partial charge is 0.248 e. The average molecular weight is 739 g/mol. The highest BCUT2D eigenvalue weighted by Crippen LogP contribution is 2.63. The molecule has 2 aromatic carbocycles. The molecule has 3 aromatic rings. The summed E-state index contributed by atoms with van der Waals surface area (Å²) in [4.78, 5) is 50.8. The van der Waals surface area contributed by atoms with Crippen molar-refractivity contribution < 1.29 is 28.2 Å². The highest BCUT2D eigenvalue weighted by atomic mass is 35.5. The van der Waals surface area contributed by atoms with Gasteiger partial charge in [-0.1, -0.05) is 56.1 Å². The van der Waals surface area contributed by atoms with E-state index in [9.17, 15) is 9.59 Å². The minimum absolute atomic E-state index is 0.108. The Bertz CT molecular complexity index is 1900. The van der Waals surface area contributed by atoms with Crippen LogP contribution in [0.3, 0.4) is 0 Å². The fourth-order valence-corrected chi connectivity index (χ4v) is 9.36. The quantitative estimate of drug-likeness (QED) is 0.247. The van der Waals surface area contributed by atoms with Crippen LogP contribution in [-0.2, 0) is 19.7 Å². The number of nitrogens with zero attached hydrogens (tertiary/aromatic N) is 3. The van der Waals surface area contributed by atoms with Gasteiger partial charge in [-0.05, 0) is 79.3 Å². The Morgan fingerprint density at radius 1 is 1.14 bits per heavy atom. The monoisotopic (exact) mass is 737 g/mol. The first-order valence-corrected chi connectivity index (χ1v) is 18.1. The molecular weight excluding hydrogens is 696 g/mol. The maximum atomic E-state index is 16.5. The Morgan fingerprint density at radius 2 is 1.88 bits per heavy atom. The Balaban J connectivity index is 1.49. The van der Waals surface area contributed by atoms with Crippen LogP contribution in [0.5, 0.6) is 5.75 Å². The van der Waals surface area contributed by atoms with Crippen molar-refractivity contribution in [2.24, 2.45) is 17.1 Å². The number of hydrogen-bond donors (Lipinski definition) is 2. The first kappa shape index (κ1) is 35.6. The number of carbonyl (C=O) groups excluding carboxylic acids is 3. The fourth-order valence-electron chi connectivity index (χ4n) is 9.02. The summed E-state index contributed by atoms with van der Waals surface area (Å²) in [5.41, 5.74) is 5.76. The van der Waals surface area contributed by atoms with E-state index in [0.29, 0.717) is 54.7 Å². The molecule has 13 heteroatoms. The van der Waals surface area contributed by atoms with Gasteiger partial charge in [-0.3, -0.25) is 24.2 Å². The van der Waals surface area contributed by atoms with Gasteiger partial charge < -0.3 is 20.5 Å². The van der Waals surface area contributed by atoms with Gasteiger partial charge in [-0.2, -0.15) is 0 Å². The molecule has 4 aliphatic rings. The maximum absolute atomic E-state index is 16.5. The molecule has 270 valence electrons. The molecule has 3 amide bonds. The van der Waals surface area contributed by atoms with Crippen LogP contribution in [0.2, 0.25) is 10.2 Å². The standard InChI is InChI=1S/C38H42Cl2FN5O5/c1-37(2,3)18-28-38(23-19-43-29(40)17-25(23)44-36(38)49)31(22-6-5-7-24(39)32(22)41)33-35(48)45(26-10-9-21(34(42)47)16-27(26)50-4)30(46(28)33)11-8-20-12-14-51-15-13-20/h5-7,9-10,16-17,19-20,28,30-31,33H,8,11-15,18H2,1-4H3,(H2,42,47)(H,44,49)/t28-,30-,31-,33+,38?/m0/s1. The summed E-state index contributed by atoms with van der Waals surface area (Å²) in [6, 6.07) is 9.53. The Morgan fingerprint density at radius 3 is 2.57 bits per heavy atom. The van der Waals surface area contributed by atoms with Crippen molar-refractivity contribution in [2.75, 3.05) is 30.5 Å². The van der Waals surface area contributed by atoms with Gasteiger partial charge in [0.1, 0.15) is 28.2 Å². The van der Waals surface area contributed by atoms with Gasteiger partial charge >= 0.3 is 0 Å². The predicted molar refractivity (Wildman–Crippen MR) is 193 cm³/mol. The van der Waals surface area contributed by atoms with Crippen LogP contribution < -0.4 is 20.7 Å². The van der Waals surface area contributed by atoms with E-state index in [-0.39, 0.29) is 38.5 Å². The SMILES string of the molecule is COc1cc(C(N)=O)ccc1N1C(=O)[C@H]2[C@H](c3cccc(Cl)c3F)C3(C(=O)Nc4cc(Cl)ncc43)[C@H](CC(C)(C)C)N2[C@H]1CCC1CCOCC1. The third-order valence-electron chi connectivity index (χ3n) is 11.1. The van der Waals surface area contributed by atoms with Gasteiger partial charge in [0.05, 0.1) is 24.0 Å². The zero-order valence-electron chi connectivity index (χ0n) is 29.0. The number of ether oxygens (including phenoxy) is 2. The van der Waals surface area contributed by atoms with Gasteiger partial charge in [0.2, 0.25) is 17.7 Å². The van der Waals surface area contributed by atoms with E-state index in [4.69, 9.17) is 38.4 Å². The highest BCUT2D eigenvalue weighted by Gasteiger charge is 2.73. The van der Waals surface area contributed by atoms with E-state index in [1.807, 2.05) is 0 Å². The van der Waals surface area contributed by atoms with E-state index in [0.717, 1.165) is 19.3 Å². The molecule has 3 fully saturated rings. The number of amides is 3. The van der Waals surface area contributed by atoms with Crippen molar-refractivity contribution in [3.63, 3.8) is 0 Å². The summed E-state index contributed by atoms with van der Waals surface area (Å²) in [6.45, 7) is 7.62. The molecule has 51 heavy (non-hydrogen) atoms. The summed E-state index contributed by atoms with van der Waals surface area (Å²) in [6.07, 6.45) is 4.64. The van der Waals surface area contributed by atoms with Crippen molar-refractivity contribution in [3.8, 4) is 5.75 Å². The van der Waals surface area contributed by atoms with E-state index in [1.54, 1.807) is 41.4 Å². The molecule has 4 aliphatic heterocycles. The van der Waals surface area contributed by atoms with Crippen molar-refractivity contribution in [1.82, 2.24) is 9.88 Å². The number of halogens is 3. The minimum Gasteiger partial charge on any atom is -0.495 e. The first-order valence-electron chi connectivity index (χ1n) is 17.4. The summed E-state index contributed by atoms with van der Waals surface area (Å²) < 4.78 is 28.0. The Hall–Kier alpha value is -3.77. The average Bonchev–Trinajstić information content (AvgIpc) is 3.65. The third kappa shape index (κ3) is 5.86. The second-order valence-corrected chi connectivity index (χ2v) is 16.0. The van der Waals surface area contributed by atoms with E-state index in [1.165, 1.54) is 19.2 Å². The largest absolute Gasteiger partial charge is 0.495 e. The van der Waals surface area contributed by atoms with Crippen LogP contribution in [0.4, 0.5) is 15.8 Å². The summed E-state index contributed by atoms with van der Waals surface area (Å²) in [7, 11) is 1.47. The van der Waals surface area contributed by atoms with Crippen LogP contribution in [0.15, 0.2) is 48.7 Å². The number of benzene rings is 2. The topological polar surface area (TPSA) is 127 Å². The number of carbonyl (C=O) groups is 3. The molecule has 0 saturated carbocycles. The van der Waals surface area contributed by atoms with Gasteiger partial charge in [0.15, 0.2) is 0 Å². The molecule has 0 radical (unpaired) electrons. The number of nitrogens with two attached hydrogens (primary N) is 1. The molecule has 3 saturated heterocycles. The number of primary amides is 1. The molecular formula is C38H42Cl2FN5O5. The second kappa shape index (κ2) is 13.3.